The molecule has 4 aromatic rings. The predicted octanol–water partition coefficient (Wildman–Crippen LogP) is 5.53. The molecule has 1 aliphatic rings. The molecule has 2 aromatic carbocycles. The van der Waals surface area contributed by atoms with Gasteiger partial charge in [0.05, 0.1) is 17.3 Å². The van der Waals surface area contributed by atoms with Crippen molar-refractivity contribution in [3.8, 4) is 22.4 Å². The smallest absolute Gasteiger partial charge is 0.412 e. The number of aryl methyl sites for hydroxylation is 1. The number of benzene rings is 2. The lowest BCUT2D eigenvalue weighted by molar-refractivity contribution is -0.140. The van der Waals surface area contributed by atoms with Crippen LogP contribution in [0.1, 0.15) is 42.9 Å². The zero-order valence-electron chi connectivity index (χ0n) is 19.8. The van der Waals surface area contributed by atoms with Crippen LogP contribution in [0.2, 0.25) is 0 Å². The Morgan fingerprint density at radius 1 is 1.03 bits per heavy atom. The van der Waals surface area contributed by atoms with Gasteiger partial charge in [0.15, 0.2) is 5.76 Å². The molecule has 9 heteroatoms. The highest BCUT2D eigenvalue weighted by Gasteiger charge is 2.51. The van der Waals surface area contributed by atoms with E-state index in [0.29, 0.717) is 35.7 Å². The van der Waals surface area contributed by atoms with Gasteiger partial charge >= 0.3 is 12.1 Å². The summed E-state index contributed by atoms with van der Waals surface area (Å²) in [6.07, 6.45) is 4.73. The molecular formula is C27H24N4O5. The summed E-state index contributed by atoms with van der Waals surface area (Å²) in [5.41, 5.74) is 4.26. The van der Waals surface area contributed by atoms with Crippen LogP contribution in [0.3, 0.4) is 0 Å². The van der Waals surface area contributed by atoms with E-state index in [1.807, 2.05) is 48.5 Å². The van der Waals surface area contributed by atoms with Gasteiger partial charge in [-0.1, -0.05) is 53.7 Å². The van der Waals surface area contributed by atoms with E-state index in [-0.39, 0.29) is 0 Å². The normalized spacial score (nSPS) is 14.6. The summed E-state index contributed by atoms with van der Waals surface area (Å²) in [6, 6.07) is 15.3. The highest BCUT2D eigenvalue weighted by atomic mass is 16.6. The minimum Gasteiger partial charge on any atom is -0.481 e. The Balaban J connectivity index is 1.30. The number of carbonyl (C=O) groups excluding carboxylic acids is 1. The molecule has 36 heavy (non-hydrogen) atoms. The highest BCUT2D eigenvalue weighted by Crippen LogP contribution is 2.48. The molecule has 2 N–H and O–H groups in total. The molecule has 5 rings (SSSR count). The zero-order chi connectivity index (χ0) is 25.3. The molecule has 0 saturated heterocycles. The molecule has 0 spiro atoms. The fourth-order valence-electron chi connectivity index (χ4n) is 4.14. The average molecular weight is 485 g/mol. The van der Waals surface area contributed by atoms with E-state index < -0.39 is 23.6 Å². The molecule has 1 atom stereocenters. The molecule has 1 aliphatic carbocycles. The molecule has 1 saturated carbocycles. The van der Waals surface area contributed by atoms with Crippen LogP contribution in [0.25, 0.3) is 22.4 Å². The van der Waals surface area contributed by atoms with Gasteiger partial charge in [0.25, 0.3) is 0 Å². The van der Waals surface area contributed by atoms with Gasteiger partial charge in [-0.2, -0.15) is 0 Å². The van der Waals surface area contributed by atoms with E-state index in [1.54, 1.807) is 26.2 Å². The molecular weight excluding hydrogens is 460 g/mol. The van der Waals surface area contributed by atoms with Crippen molar-refractivity contribution >= 4 is 17.7 Å². The largest absolute Gasteiger partial charge is 0.481 e. The lowest BCUT2D eigenvalue weighted by atomic mass is 9.93. The first kappa shape index (κ1) is 23.2. The summed E-state index contributed by atoms with van der Waals surface area (Å²) in [4.78, 5) is 32.2. The minimum absolute atomic E-state index is 0.423. The van der Waals surface area contributed by atoms with Gasteiger partial charge in [-0.3, -0.25) is 20.1 Å². The second-order valence-electron chi connectivity index (χ2n) is 8.81. The maximum absolute atomic E-state index is 12.5. The maximum atomic E-state index is 12.5. The van der Waals surface area contributed by atoms with Crippen LogP contribution < -0.4 is 5.32 Å². The van der Waals surface area contributed by atoms with E-state index in [2.05, 4.69) is 20.4 Å². The van der Waals surface area contributed by atoms with Gasteiger partial charge in [-0.05, 0) is 43.4 Å². The summed E-state index contributed by atoms with van der Waals surface area (Å²) >= 11 is 0. The number of carboxylic acids is 1. The van der Waals surface area contributed by atoms with Crippen molar-refractivity contribution in [2.24, 2.45) is 0 Å². The SMILES string of the molecule is Cc1onc(-c2ccc(-c3ccc(C4(C(=O)O)CC4)cc3)cc2)c1NC(=O)OC(C)c1cnccn1. The third kappa shape index (κ3) is 4.43. The molecule has 2 heterocycles. The molecule has 0 aliphatic heterocycles. The third-order valence-corrected chi connectivity index (χ3v) is 6.46. The maximum Gasteiger partial charge on any atom is 0.412 e. The highest BCUT2D eigenvalue weighted by molar-refractivity contribution is 5.91. The molecule has 1 fully saturated rings. The van der Waals surface area contributed by atoms with Crippen molar-refractivity contribution < 1.29 is 24.0 Å². The summed E-state index contributed by atoms with van der Waals surface area (Å²) in [7, 11) is 0. The number of amides is 1. The Bertz CT molecular complexity index is 1390. The van der Waals surface area contributed by atoms with Gasteiger partial charge in [0.1, 0.15) is 17.5 Å². The lowest BCUT2D eigenvalue weighted by Crippen LogP contribution is -2.19. The molecule has 182 valence electrons. The van der Waals surface area contributed by atoms with Crippen molar-refractivity contribution in [3.05, 3.63) is 84.1 Å². The fourth-order valence-corrected chi connectivity index (χ4v) is 4.14. The molecule has 9 nitrogen and oxygen atoms in total. The van der Waals surface area contributed by atoms with Crippen molar-refractivity contribution in [3.63, 3.8) is 0 Å². The van der Waals surface area contributed by atoms with E-state index >= 15 is 0 Å². The first-order chi connectivity index (χ1) is 17.4. The number of hydrogen-bond acceptors (Lipinski definition) is 7. The second-order valence-corrected chi connectivity index (χ2v) is 8.81. The van der Waals surface area contributed by atoms with Crippen LogP contribution in [0.15, 0.2) is 71.6 Å². The Labute approximate surface area is 207 Å². The minimum atomic E-state index is -0.765. The molecule has 1 amide bonds. The number of anilines is 1. The average Bonchev–Trinajstić information content (AvgIpc) is 3.64. The van der Waals surface area contributed by atoms with E-state index in [1.165, 1.54) is 6.20 Å². The lowest BCUT2D eigenvalue weighted by Gasteiger charge is -2.13. The summed E-state index contributed by atoms with van der Waals surface area (Å²) in [6.45, 7) is 3.42. The third-order valence-electron chi connectivity index (χ3n) is 6.46. The van der Waals surface area contributed by atoms with Gasteiger partial charge in [0.2, 0.25) is 0 Å². The molecule has 1 unspecified atom stereocenters. The second kappa shape index (κ2) is 9.26. The van der Waals surface area contributed by atoms with E-state index in [4.69, 9.17) is 9.26 Å². The summed E-state index contributed by atoms with van der Waals surface area (Å²) < 4.78 is 10.8. The van der Waals surface area contributed by atoms with Gasteiger partial charge in [0, 0.05) is 18.0 Å². The summed E-state index contributed by atoms with van der Waals surface area (Å²) in [5.74, 6) is -0.319. The van der Waals surface area contributed by atoms with E-state index in [9.17, 15) is 14.7 Å². The Morgan fingerprint density at radius 2 is 1.67 bits per heavy atom. The predicted molar refractivity (Wildman–Crippen MR) is 131 cm³/mol. The number of ether oxygens (including phenoxy) is 1. The zero-order valence-corrected chi connectivity index (χ0v) is 19.8. The molecule has 0 radical (unpaired) electrons. The van der Waals surface area contributed by atoms with Gasteiger partial charge < -0.3 is 14.4 Å². The standard InChI is InChI=1S/C27H24N4O5/c1-16(22-15-28-13-14-29-22)35-26(34)30-23-17(2)36-31-24(23)20-5-3-18(4-6-20)19-7-9-21(10-8-19)27(11-12-27)25(32)33/h3-10,13-16H,11-12H2,1-2H3,(H,30,34)(H,32,33). The molecule has 0 bridgehead atoms. The number of carbonyl (C=O) groups is 2. The first-order valence-electron chi connectivity index (χ1n) is 11.5. The van der Waals surface area contributed by atoms with Crippen LogP contribution in [-0.2, 0) is 14.9 Å². The van der Waals surface area contributed by atoms with Crippen LogP contribution in [0.5, 0.6) is 0 Å². The van der Waals surface area contributed by atoms with E-state index in [0.717, 1.165) is 22.3 Å². The summed E-state index contributed by atoms with van der Waals surface area (Å²) in [5, 5.41) is 16.3. The van der Waals surface area contributed by atoms with Crippen LogP contribution in [0.4, 0.5) is 10.5 Å². The Kier molecular flexibility index (Phi) is 5.97. The number of carboxylic acid groups (broad SMARTS) is 1. The number of nitrogens with one attached hydrogen (secondary N) is 1. The van der Waals surface area contributed by atoms with Crippen molar-refractivity contribution in [2.75, 3.05) is 5.32 Å². The number of aromatic nitrogens is 3. The van der Waals surface area contributed by atoms with Gasteiger partial charge in [-0.15, -0.1) is 0 Å². The van der Waals surface area contributed by atoms with Gasteiger partial charge in [-0.25, -0.2) is 4.79 Å². The first-order valence-corrected chi connectivity index (χ1v) is 11.5. The number of hydrogen-bond donors (Lipinski definition) is 2. The van der Waals surface area contributed by atoms with Crippen LogP contribution in [-0.4, -0.2) is 32.3 Å². The van der Waals surface area contributed by atoms with Crippen molar-refractivity contribution in [2.45, 2.75) is 38.2 Å². The topological polar surface area (TPSA) is 127 Å². The Morgan fingerprint density at radius 3 is 2.25 bits per heavy atom. The quantitative estimate of drug-likeness (QED) is 0.350. The number of rotatable bonds is 7. The van der Waals surface area contributed by atoms with Crippen molar-refractivity contribution in [1.29, 1.82) is 0 Å². The molecule has 2 aromatic heterocycles. The number of nitrogens with zero attached hydrogens (tertiary/aromatic N) is 3. The fraction of sp³-hybridized carbons (Fsp3) is 0.222. The Hall–Kier alpha value is -4.53. The van der Waals surface area contributed by atoms with Crippen molar-refractivity contribution in [1.82, 2.24) is 15.1 Å². The monoisotopic (exact) mass is 484 g/mol. The number of aliphatic carboxylic acids is 1. The van der Waals surface area contributed by atoms with Crippen LogP contribution >= 0.6 is 0 Å². The van der Waals surface area contributed by atoms with Crippen LogP contribution in [0, 0.1) is 6.92 Å².